The highest BCUT2D eigenvalue weighted by Crippen LogP contribution is 2.35. The zero-order valence-corrected chi connectivity index (χ0v) is 16.2. The van der Waals surface area contributed by atoms with E-state index in [1.165, 1.54) is 0 Å². The minimum absolute atomic E-state index is 0.0825. The molecule has 1 aliphatic heterocycles. The highest BCUT2D eigenvalue weighted by molar-refractivity contribution is 5.77. The largest absolute Gasteiger partial charge is 0.497 e. The topological polar surface area (TPSA) is 48.0 Å². The number of piperidine rings is 1. The molecule has 0 aromatic heterocycles. The molecule has 0 unspecified atom stereocenters. The Balaban J connectivity index is 1.97. The quantitative estimate of drug-likeness (QED) is 0.631. The summed E-state index contributed by atoms with van der Waals surface area (Å²) >= 11 is 0. The molecule has 0 spiro atoms. The molecule has 26 heavy (non-hydrogen) atoms. The second-order valence-electron chi connectivity index (χ2n) is 6.76. The van der Waals surface area contributed by atoms with Crippen molar-refractivity contribution in [2.75, 3.05) is 47.1 Å². The van der Waals surface area contributed by atoms with Crippen molar-refractivity contribution in [1.29, 1.82) is 0 Å². The van der Waals surface area contributed by atoms with Crippen LogP contribution in [0, 0.1) is 5.41 Å². The van der Waals surface area contributed by atoms with Gasteiger partial charge in [0.05, 0.1) is 19.1 Å². The Labute approximate surface area is 156 Å². The van der Waals surface area contributed by atoms with Gasteiger partial charge in [0.15, 0.2) is 0 Å². The van der Waals surface area contributed by atoms with Crippen molar-refractivity contribution in [1.82, 2.24) is 4.90 Å². The molecule has 0 N–H and O–H groups in total. The van der Waals surface area contributed by atoms with Gasteiger partial charge in [-0.15, -0.1) is 0 Å². The number of ether oxygens (including phenoxy) is 3. The fourth-order valence-electron chi connectivity index (χ4n) is 3.49. The second-order valence-corrected chi connectivity index (χ2v) is 6.76. The zero-order chi connectivity index (χ0) is 18.8. The zero-order valence-electron chi connectivity index (χ0n) is 16.2. The highest BCUT2D eigenvalue weighted by atomic mass is 16.5. The molecule has 1 fully saturated rings. The Bertz CT molecular complexity index is 584. The number of benzene rings is 1. The van der Waals surface area contributed by atoms with Gasteiger partial charge >= 0.3 is 5.97 Å². The van der Waals surface area contributed by atoms with Crippen molar-refractivity contribution in [3.05, 3.63) is 35.9 Å². The molecule has 5 nitrogen and oxygen atoms in total. The smallest absolute Gasteiger partial charge is 0.313 e. The Morgan fingerprint density at radius 2 is 2.04 bits per heavy atom. The standard InChI is InChI=1S/C21H31NO4/c1-4-26-20(23)21(13-16-24-2)12-6-15-22(17-21)14-5-7-18-8-10-19(25-3)11-9-18/h5,7-11H,4,6,12-17H2,1-3H3/b7-5+/t21-/m1/s1. The van der Waals surface area contributed by atoms with Crippen LogP contribution in [0.15, 0.2) is 30.3 Å². The molecule has 144 valence electrons. The molecular weight excluding hydrogens is 330 g/mol. The van der Waals surface area contributed by atoms with E-state index < -0.39 is 5.41 Å². The lowest BCUT2D eigenvalue weighted by Gasteiger charge is -2.40. The summed E-state index contributed by atoms with van der Waals surface area (Å²) in [7, 11) is 3.34. The van der Waals surface area contributed by atoms with E-state index in [4.69, 9.17) is 14.2 Å². The number of hydrogen-bond acceptors (Lipinski definition) is 5. The van der Waals surface area contributed by atoms with Crippen molar-refractivity contribution in [2.45, 2.75) is 26.2 Å². The van der Waals surface area contributed by atoms with Crippen LogP contribution in [-0.2, 0) is 14.3 Å². The first-order valence-electron chi connectivity index (χ1n) is 9.32. The molecule has 1 atom stereocenters. The van der Waals surface area contributed by atoms with Crippen LogP contribution in [0.3, 0.4) is 0 Å². The number of methoxy groups -OCH3 is 2. The SMILES string of the molecule is CCOC(=O)[C@@]1(CCOC)CCCN(C/C=C/c2ccc(OC)cc2)C1. The predicted molar refractivity (Wildman–Crippen MR) is 103 cm³/mol. The van der Waals surface area contributed by atoms with Gasteiger partial charge < -0.3 is 14.2 Å². The van der Waals surface area contributed by atoms with Crippen molar-refractivity contribution < 1.29 is 19.0 Å². The molecule has 0 amide bonds. The van der Waals surface area contributed by atoms with Crippen molar-refractivity contribution in [2.24, 2.45) is 5.41 Å². The summed E-state index contributed by atoms with van der Waals surface area (Å²) in [5.41, 5.74) is 0.692. The molecule has 0 bridgehead atoms. The second kappa shape index (κ2) is 10.3. The molecule has 1 aromatic carbocycles. The molecule has 1 aliphatic rings. The van der Waals surface area contributed by atoms with Crippen molar-refractivity contribution >= 4 is 12.0 Å². The number of hydrogen-bond donors (Lipinski definition) is 0. The molecule has 2 rings (SSSR count). The van der Waals surface area contributed by atoms with Gasteiger partial charge in [-0.1, -0.05) is 24.3 Å². The molecule has 0 radical (unpaired) electrons. The van der Waals surface area contributed by atoms with Gasteiger partial charge in [0, 0.05) is 26.8 Å². The van der Waals surface area contributed by atoms with Crippen LogP contribution >= 0.6 is 0 Å². The molecule has 0 saturated carbocycles. The number of carbonyl (C=O) groups excluding carboxylic acids is 1. The van der Waals surface area contributed by atoms with Crippen LogP contribution in [-0.4, -0.2) is 57.9 Å². The van der Waals surface area contributed by atoms with E-state index in [-0.39, 0.29) is 5.97 Å². The monoisotopic (exact) mass is 361 g/mol. The summed E-state index contributed by atoms with van der Waals surface area (Å²) < 4.78 is 15.8. The van der Waals surface area contributed by atoms with Gasteiger partial charge in [0.1, 0.15) is 5.75 Å². The summed E-state index contributed by atoms with van der Waals surface area (Å²) in [5.74, 6) is 0.774. The Hall–Kier alpha value is -1.85. The van der Waals surface area contributed by atoms with Gasteiger partial charge in [-0.2, -0.15) is 0 Å². The molecule has 1 heterocycles. The summed E-state index contributed by atoms with van der Waals surface area (Å²) in [6.45, 7) is 5.41. The van der Waals surface area contributed by atoms with E-state index in [0.717, 1.165) is 43.8 Å². The van der Waals surface area contributed by atoms with E-state index in [1.54, 1.807) is 14.2 Å². The average molecular weight is 361 g/mol. The number of nitrogens with zero attached hydrogens (tertiary/aromatic N) is 1. The first kappa shape index (κ1) is 20.5. The van der Waals surface area contributed by atoms with Crippen LogP contribution in [0.25, 0.3) is 6.08 Å². The van der Waals surface area contributed by atoms with Crippen LogP contribution in [0.2, 0.25) is 0 Å². The Kier molecular flexibility index (Phi) is 8.13. The van der Waals surface area contributed by atoms with Gasteiger partial charge in [-0.05, 0) is 50.4 Å². The molecule has 5 heteroatoms. The third-order valence-corrected chi connectivity index (χ3v) is 4.94. The fraction of sp³-hybridized carbons (Fsp3) is 0.571. The van der Waals surface area contributed by atoms with Gasteiger partial charge in [0.2, 0.25) is 0 Å². The Morgan fingerprint density at radius 1 is 1.27 bits per heavy atom. The maximum atomic E-state index is 12.6. The summed E-state index contributed by atoms with van der Waals surface area (Å²) in [6, 6.07) is 7.98. The van der Waals surface area contributed by atoms with E-state index in [9.17, 15) is 4.79 Å². The third kappa shape index (κ3) is 5.58. The first-order valence-corrected chi connectivity index (χ1v) is 9.32. The predicted octanol–water partition coefficient (Wildman–Crippen LogP) is 3.39. The van der Waals surface area contributed by atoms with Gasteiger partial charge in [0.25, 0.3) is 0 Å². The number of rotatable bonds is 9. The normalized spacial score (nSPS) is 21.0. The van der Waals surface area contributed by atoms with Crippen LogP contribution < -0.4 is 4.74 Å². The average Bonchev–Trinajstić information content (AvgIpc) is 2.67. The van der Waals surface area contributed by atoms with Crippen LogP contribution in [0.4, 0.5) is 0 Å². The molecular formula is C21H31NO4. The van der Waals surface area contributed by atoms with Crippen molar-refractivity contribution in [3.63, 3.8) is 0 Å². The van der Waals surface area contributed by atoms with Gasteiger partial charge in [-0.25, -0.2) is 0 Å². The Morgan fingerprint density at radius 3 is 2.69 bits per heavy atom. The number of likely N-dealkylation sites (tertiary alicyclic amines) is 1. The van der Waals surface area contributed by atoms with Crippen molar-refractivity contribution in [3.8, 4) is 5.75 Å². The van der Waals surface area contributed by atoms with Crippen LogP contribution in [0.5, 0.6) is 5.75 Å². The molecule has 1 saturated heterocycles. The minimum Gasteiger partial charge on any atom is -0.497 e. The summed E-state index contributed by atoms with van der Waals surface area (Å²) in [5, 5.41) is 0. The maximum Gasteiger partial charge on any atom is 0.313 e. The number of esters is 1. The highest BCUT2D eigenvalue weighted by Gasteiger charge is 2.42. The van der Waals surface area contributed by atoms with E-state index in [1.807, 2.05) is 31.2 Å². The molecule has 1 aromatic rings. The van der Waals surface area contributed by atoms with Gasteiger partial charge in [-0.3, -0.25) is 9.69 Å². The maximum absolute atomic E-state index is 12.6. The summed E-state index contributed by atoms with van der Waals surface area (Å²) in [6.07, 6.45) is 6.84. The van der Waals surface area contributed by atoms with E-state index >= 15 is 0 Å². The van der Waals surface area contributed by atoms with Crippen LogP contribution in [0.1, 0.15) is 31.7 Å². The lowest BCUT2D eigenvalue weighted by molar-refractivity contribution is -0.160. The van der Waals surface area contributed by atoms with E-state index in [2.05, 4.69) is 17.1 Å². The lowest BCUT2D eigenvalue weighted by Crippen LogP contribution is -2.49. The minimum atomic E-state index is -0.446. The molecule has 0 aliphatic carbocycles. The summed E-state index contributed by atoms with van der Waals surface area (Å²) in [4.78, 5) is 14.9. The number of carbonyl (C=O) groups is 1. The first-order chi connectivity index (χ1) is 12.6. The fourth-order valence-corrected chi connectivity index (χ4v) is 3.49. The van der Waals surface area contributed by atoms with E-state index in [0.29, 0.717) is 19.6 Å². The third-order valence-electron chi connectivity index (χ3n) is 4.94. The lowest BCUT2D eigenvalue weighted by atomic mass is 9.77.